The third-order valence-corrected chi connectivity index (χ3v) is 4.40. The zero-order valence-electron chi connectivity index (χ0n) is 10.6. The molecular weight excluding hydrogens is 280 g/mol. The summed E-state index contributed by atoms with van der Waals surface area (Å²) in [5, 5.41) is 11.4. The molecular formula is C12H14N4OS2. The summed E-state index contributed by atoms with van der Waals surface area (Å²) < 4.78 is 0.793. The first-order valence-electron chi connectivity index (χ1n) is 5.68. The van der Waals surface area contributed by atoms with Crippen molar-refractivity contribution in [2.24, 2.45) is 0 Å². The number of nitrogen functional groups attached to an aromatic ring is 1. The first-order valence-corrected chi connectivity index (χ1v) is 7.38. The molecule has 0 radical (unpaired) electrons. The van der Waals surface area contributed by atoms with Crippen molar-refractivity contribution < 1.29 is 4.79 Å². The Labute approximate surface area is 119 Å². The van der Waals surface area contributed by atoms with Crippen molar-refractivity contribution in [1.82, 2.24) is 10.2 Å². The second-order valence-corrected chi connectivity index (χ2v) is 6.69. The van der Waals surface area contributed by atoms with Crippen molar-refractivity contribution >= 4 is 40.4 Å². The summed E-state index contributed by atoms with van der Waals surface area (Å²) >= 11 is 2.87. The smallest absolute Gasteiger partial charge is 0.237 e. The topological polar surface area (TPSA) is 80.9 Å². The van der Waals surface area contributed by atoms with Crippen molar-refractivity contribution in [1.29, 1.82) is 0 Å². The summed E-state index contributed by atoms with van der Waals surface area (Å²) in [6, 6.07) is 7.19. The van der Waals surface area contributed by atoms with Gasteiger partial charge < -0.3 is 11.1 Å². The molecule has 0 spiro atoms. The zero-order valence-corrected chi connectivity index (χ0v) is 12.2. The molecule has 0 saturated heterocycles. The standard InChI is InChI=1S/C12H14N4OS2/c1-7(18-12-16-15-8(2)19-12)11(17)14-10-6-4-3-5-9(10)13/h3-7H,13H2,1-2H3,(H,14,17). The molecule has 0 aliphatic heterocycles. The number of carbonyl (C=O) groups excluding carboxylic acids is 1. The van der Waals surface area contributed by atoms with Gasteiger partial charge in [-0.2, -0.15) is 0 Å². The van der Waals surface area contributed by atoms with Crippen LogP contribution < -0.4 is 11.1 Å². The van der Waals surface area contributed by atoms with Gasteiger partial charge in [-0.1, -0.05) is 35.2 Å². The van der Waals surface area contributed by atoms with E-state index < -0.39 is 0 Å². The summed E-state index contributed by atoms with van der Waals surface area (Å²) in [7, 11) is 0. The Kier molecular flexibility index (Phi) is 4.39. The lowest BCUT2D eigenvalue weighted by molar-refractivity contribution is -0.115. The van der Waals surface area contributed by atoms with Gasteiger partial charge in [0.05, 0.1) is 16.6 Å². The number of nitrogens with one attached hydrogen (secondary N) is 1. The molecule has 0 saturated carbocycles. The van der Waals surface area contributed by atoms with Gasteiger partial charge in [0.15, 0.2) is 4.34 Å². The van der Waals surface area contributed by atoms with Gasteiger partial charge in [0.2, 0.25) is 5.91 Å². The maximum Gasteiger partial charge on any atom is 0.237 e. The molecule has 7 heteroatoms. The van der Waals surface area contributed by atoms with E-state index >= 15 is 0 Å². The third-order valence-electron chi connectivity index (χ3n) is 2.37. The fourth-order valence-corrected chi connectivity index (χ4v) is 3.34. The molecule has 0 bridgehead atoms. The van der Waals surface area contributed by atoms with Crippen LogP contribution in [0.2, 0.25) is 0 Å². The largest absolute Gasteiger partial charge is 0.397 e. The van der Waals surface area contributed by atoms with Gasteiger partial charge in [0.1, 0.15) is 5.01 Å². The monoisotopic (exact) mass is 294 g/mol. The van der Waals surface area contributed by atoms with Crippen LogP contribution in [-0.2, 0) is 4.79 Å². The summed E-state index contributed by atoms with van der Waals surface area (Å²) in [6.07, 6.45) is 0. The highest BCUT2D eigenvalue weighted by Crippen LogP contribution is 2.27. The van der Waals surface area contributed by atoms with E-state index in [1.807, 2.05) is 26.0 Å². The molecule has 1 amide bonds. The fourth-order valence-electron chi connectivity index (χ4n) is 1.38. The maximum absolute atomic E-state index is 12.0. The van der Waals surface area contributed by atoms with Gasteiger partial charge in [-0.15, -0.1) is 10.2 Å². The highest BCUT2D eigenvalue weighted by Gasteiger charge is 2.17. The Hall–Kier alpha value is -1.60. The summed E-state index contributed by atoms with van der Waals surface area (Å²) in [6.45, 7) is 3.72. The molecule has 19 heavy (non-hydrogen) atoms. The van der Waals surface area contributed by atoms with Crippen LogP contribution in [0.25, 0.3) is 0 Å². The predicted molar refractivity (Wildman–Crippen MR) is 79.4 cm³/mol. The van der Waals surface area contributed by atoms with Crippen molar-refractivity contribution in [2.45, 2.75) is 23.4 Å². The normalized spacial score (nSPS) is 12.1. The third kappa shape index (κ3) is 3.68. The van der Waals surface area contributed by atoms with Crippen LogP contribution >= 0.6 is 23.1 Å². The lowest BCUT2D eigenvalue weighted by atomic mass is 10.2. The number of carbonyl (C=O) groups is 1. The van der Waals surface area contributed by atoms with E-state index in [0.29, 0.717) is 11.4 Å². The Morgan fingerprint density at radius 2 is 2.16 bits per heavy atom. The van der Waals surface area contributed by atoms with Crippen molar-refractivity contribution in [2.75, 3.05) is 11.1 Å². The van der Waals surface area contributed by atoms with E-state index in [1.54, 1.807) is 12.1 Å². The summed E-state index contributed by atoms with van der Waals surface area (Å²) in [4.78, 5) is 12.0. The highest BCUT2D eigenvalue weighted by molar-refractivity contribution is 8.02. The molecule has 5 nitrogen and oxygen atoms in total. The van der Waals surface area contributed by atoms with Crippen LogP contribution in [0.4, 0.5) is 11.4 Å². The minimum Gasteiger partial charge on any atom is -0.397 e. The van der Waals surface area contributed by atoms with Crippen LogP contribution in [0.15, 0.2) is 28.6 Å². The second kappa shape index (κ2) is 6.03. The number of aromatic nitrogens is 2. The number of anilines is 2. The molecule has 1 heterocycles. The lowest BCUT2D eigenvalue weighted by Gasteiger charge is -2.11. The minimum absolute atomic E-state index is 0.101. The van der Waals surface area contributed by atoms with Crippen LogP contribution in [-0.4, -0.2) is 21.4 Å². The van der Waals surface area contributed by atoms with Gasteiger partial charge in [-0.05, 0) is 26.0 Å². The van der Waals surface area contributed by atoms with E-state index in [-0.39, 0.29) is 11.2 Å². The molecule has 100 valence electrons. The number of rotatable bonds is 4. The van der Waals surface area contributed by atoms with Crippen LogP contribution in [0.1, 0.15) is 11.9 Å². The number of thioether (sulfide) groups is 1. The highest BCUT2D eigenvalue weighted by atomic mass is 32.2. The number of nitrogens with zero attached hydrogens (tertiary/aromatic N) is 2. The predicted octanol–water partition coefficient (Wildman–Crippen LogP) is 2.55. The number of nitrogens with two attached hydrogens (primary N) is 1. The average molecular weight is 294 g/mol. The molecule has 1 unspecified atom stereocenters. The molecule has 1 atom stereocenters. The Balaban J connectivity index is 1.98. The molecule has 0 aliphatic rings. The minimum atomic E-state index is -0.257. The van der Waals surface area contributed by atoms with Crippen LogP contribution in [0.3, 0.4) is 0 Å². The molecule has 2 rings (SSSR count). The molecule has 0 fully saturated rings. The first kappa shape index (κ1) is 13.8. The van der Waals surface area contributed by atoms with E-state index in [1.165, 1.54) is 23.1 Å². The van der Waals surface area contributed by atoms with Gasteiger partial charge in [-0.3, -0.25) is 4.79 Å². The Morgan fingerprint density at radius 1 is 1.42 bits per heavy atom. The fraction of sp³-hybridized carbons (Fsp3) is 0.250. The Morgan fingerprint density at radius 3 is 2.79 bits per heavy atom. The van der Waals surface area contributed by atoms with Gasteiger partial charge >= 0.3 is 0 Å². The van der Waals surface area contributed by atoms with E-state index in [2.05, 4.69) is 15.5 Å². The summed E-state index contributed by atoms with van der Waals surface area (Å²) in [5.74, 6) is -0.101. The zero-order chi connectivity index (χ0) is 13.8. The number of hydrogen-bond acceptors (Lipinski definition) is 6. The van der Waals surface area contributed by atoms with Crippen LogP contribution in [0, 0.1) is 6.92 Å². The molecule has 0 aliphatic carbocycles. The van der Waals surface area contributed by atoms with Crippen molar-refractivity contribution in [3.8, 4) is 0 Å². The number of amides is 1. The van der Waals surface area contributed by atoms with E-state index in [0.717, 1.165) is 9.35 Å². The summed E-state index contributed by atoms with van der Waals surface area (Å²) in [5.41, 5.74) is 6.97. The molecule has 1 aromatic heterocycles. The van der Waals surface area contributed by atoms with Gasteiger partial charge in [-0.25, -0.2) is 0 Å². The number of benzene rings is 1. The van der Waals surface area contributed by atoms with Crippen LogP contribution in [0.5, 0.6) is 0 Å². The lowest BCUT2D eigenvalue weighted by Crippen LogP contribution is -2.22. The van der Waals surface area contributed by atoms with Crippen molar-refractivity contribution in [3.63, 3.8) is 0 Å². The molecule has 3 N–H and O–H groups in total. The average Bonchev–Trinajstić information content (AvgIpc) is 2.77. The number of aryl methyl sites for hydroxylation is 1. The van der Waals surface area contributed by atoms with Gasteiger partial charge in [0, 0.05) is 0 Å². The van der Waals surface area contributed by atoms with E-state index in [4.69, 9.17) is 5.73 Å². The quantitative estimate of drug-likeness (QED) is 0.669. The maximum atomic E-state index is 12.0. The first-order chi connectivity index (χ1) is 9.06. The second-order valence-electron chi connectivity index (χ2n) is 3.92. The Bertz CT molecular complexity index is 585. The SMILES string of the molecule is Cc1nnc(SC(C)C(=O)Nc2ccccc2N)s1. The number of hydrogen-bond donors (Lipinski definition) is 2. The van der Waals surface area contributed by atoms with Gasteiger partial charge in [0.25, 0.3) is 0 Å². The molecule has 1 aromatic carbocycles. The van der Waals surface area contributed by atoms with E-state index in [9.17, 15) is 4.79 Å². The van der Waals surface area contributed by atoms with Crippen molar-refractivity contribution in [3.05, 3.63) is 29.3 Å². The number of para-hydroxylation sites is 2. The molecule has 2 aromatic rings.